The lowest BCUT2D eigenvalue weighted by Gasteiger charge is -2.13. The topological polar surface area (TPSA) is 97.7 Å². The predicted octanol–water partition coefficient (Wildman–Crippen LogP) is 1.50. The van der Waals surface area contributed by atoms with Crippen LogP contribution in [0.15, 0.2) is 43.1 Å². The maximum absolute atomic E-state index is 12.5. The molecule has 0 fully saturated rings. The number of aromatic nitrogens is 5. The lowest BCUT2D eigenvalue weighted by Crippen LogP contribution is -2.35. The second kappa shape index (κ2) is 6.95. The number of nitrogens with zero attached hydrogens (tertiary/aromatic N) is 4. The summed E-state index contributed by atoms with van der Waals surface area (Å²) in [6, 6.07) is 7.33. The van der Waals surface area contributed by atoms with Crippen molar-refractivity contribution in [3.05, 3.63) is 48.7 Å². The van der Waals surface area contributed by atoms with Gasteiger partial charge in [0.05, 0.1) is 31.1 Å². The van der Waals surface area contributed by atoms with Crippen LogP contribution in [0.5, 0.6) is 5.75 Å². The highest BCUT2D eigenvalue weighted by Gasteiger charge is 2.17. The molecule has 8 heteroatoms. The standard InChI is InChI=1S/C16H18N6O2/c1-11(8-22-10-17-9-19-22)20-16(23)14-7-18-21-15(14)12-3-5-13(24-2)6-4-12/h3-7,9-11H,8H2,1-2H3,(H,18,21)(H,20,23)/t11-/m0/s1. The maximum atomic E-state index is 12.5. The van der Waals surface area contributed by atoms with Gasteiger partial charge in [0, 0.05) is 11.6 Å². The Bertz CT molecular complexity index is 794. The van der Waals surface area contributed by atoms with Gasteiger partial charge < -0.3 is 10.1 Å². The average Bonchev–Trinajstić information content (AvgIpc) is 3.26. The fourth-order valence-electron chi connectivity index (χ4n) is 2.39. The normalized spacial score (nSPS) is 11.9. The molecule has 0 aliphatic heterocycles. The lowest BCUT2D eigenvalue weighted by molar-refractivity contribution is 0.0936. The van der Waals surface area contributed by atoms with Crippen LogP contribution in [0, 0.1) is 0 Å². The Hall–Kier alpha value is -3.16. The molecular formula is C16H18N6O2. The van der Waals surface area contributed by atoms with Gasteiger partial charge in [-0.3, -0.25) is 14.6 Å². The third-order valence-corrected chi connectivity index (χ3v) is 3.57. The summed E-state index contributed by atoms with van der Waals surface area (Å²) in [7, 11) is 1.61. The van der Waals surface area contributed by atoms with E-state index in [1.807, 2.05) is 31.2 Å². The molecule has 124 valence electrons. The van der Waals surface area contributed by atoms with E-state index in [1.165, 1.54) is 12.5 Å². The SMILES string of the molecule is COc1ccc(-c2[nH]ncc2C(=O)N[C@@H](C)Cn2cncn2)cc1. The Balaban J connectivity index is 1.72. The van der Waals surface area contributed by atoms with Crippen molar-refractivity contribution in [2.45, 2.75) is 19.5 Å². The molecule has 1 amide bonds. The van der Waals surface area contributed by atoms with Gasteiger partial charge in [-0.25, -0.2) is 4.98 Å². The zero-order chi connectivity index (χ0) is 16.9. The molecule has 8 nitrogen and oxygen atoms in total. The second-order valence-electron chi connectivity index (χ2n) is 5.38. The number of hydrogen-bond donors (Lipinski definition) is 2. The van der Waals surface area contributed by atoms with Crippen molar-refractivity contribution in [3.63, 3.8) is 0 Å². The number of amides is 1. The summed E-state index contributed by atoms with van der Waals surface area (Å²) < 4.78 is 6.82. The summed E-state index contributed by atoms with van der Waals surface area (Å²) in [5.41, 5.74) is 2.02. The van der Waals surface area contributed by atoms with Crippen molar-refractivity contribution in [2.75, 3.05) is 7.11 Å². The molecule has 0 radical (unpaired) electrons. The largest absolute Gasteiger partial charge is 0.497 e. The van der Waals surface area contributed by atoms with Crippen molar-refractivity contribution in [3.8, 4) is 17.0 Å². The van der Waals surface area contributed by atoms with E-state index in [4.69, 9.17) is 4.74 Å². The second-order valence-corrected chi connectivity index (χ2v) is 5.38. The summed E-state index contributed by atoms with van der Waals surface area (Å²) in [5, 5.41) is 13.9. The van der Waals surface area contributed by atoms with Crippen LogP contribution in [0.2, 0.25) is 0 Å². The number of hydrogen-bond acceptors (Lipinski definition) is 5. The minimum Gasteiger partial charge on any atom is -0.497 e. The Morgan fingerprint density at radius 3 is 2.83 bits per heavy atom. The molecule has 1 aromatic carbocycles. The molecule has 0 aliphatic rings. The zero-order valence-electron chi connectivity index (χ0n) is 13.4. The van der Waals surface area contributed by atoms with Crippen molar-refractivity contribution in [2.24, 2.45) is 0 Å². The Morgan fingerprint density at radius 1 is 1.38 bits per heavy atom. The molecule has 0 saturated heterocycles. The number of benzene rings is 1. The number of methoxy groups -OCH3 is 1. The van der Waals surface area contributed by atoms with Crippen LogP contribution in [0.1, 0.15) is 17.3 Å². The highest BCUT2D eigenvalue weighted by molar-refractivity contribution is 5.99. The Kier molecular flexibility index (Phi) is 4.55. The van der Waals surface area contributed by atoms with E-state index in [1.54, 1.807) is 18.1 Å². The molecule has 1 atom stereocenters. The van der Waals surface area contributed by atoms with E-state index < -0.39 is 0 Å². The molecule has 3 aromatic rings. The van der Waals surface area contributed by atoms with Crippen LogP contribution >= 0.6 is 0 Å². The van der Waals surface area contributed by atoms with Crippen molar-refractivity contribution >= 4 is 5.91 Å². The molecule has 2 N–H and O–H groups in total. The van der Waals surface area contributed by atoms with Crippen LogP contribution in [-0.4, -0.2) is 44.0 Å². The molecule has 0 aliphatic carbocycles. The molecular weight excluding hydrogens is 308 g/mol. The summed E-state index contributed by atoms with van der Waals surface area (Å²) in [5.74, 6) is 0.563. The van der Waals surface area contributed by atoms with Gasteiger partial charge in [0.25, 0.3) is 5.91 Å². The fourth-order valence-corrected chi connectivity index (χ4v) is 2.39. The fraction of sp³-hybridized carbons (Fsp3) is 0.250. The molecule has 0 saturated carbocycles. The minimum absolute atomic E-state index is 0.0992. The van der Waals surface area contributed by atoms with Crippen molar-refractivity contribution in [1.29, 1.82) is 0 Å². The van der Waals surface area contributed by atoms with Gasteiger partial charge in [-0.05, 0) is 31.2 Å². The predicted molar refractivity (Wildman–Crippen MR) is 87.5 cm³/mol. The van der Waals surface area contributed by atoms with E-state index >= 15 is 0 Å². The van der Waals surface area contributed by atoms with Gasteiger partial charge in [0.2, 0.25) is 0 Å². The van der Waals surface area contributed by atoms with E-state index in [2.05, 4.69) is 25.6 Å². The number of aromatic amines is 1. The minimum atomic E-state index is -0.192. The van der Waals surface area contributed by atoms with Crippen LogP contribution < -0.4 is 10.1 Å². The molecule has 0 bridgehead atoms. The smallest absolute Gasteiger partial charge is 0.255 e. The van der Waals surface area contributed by atoms with Gasteiger partial charge in [0.1, 0.15) is 18.4 Å². The first-order valence-corrected chi connectivity index (χ1v) is 7.48. The van der Waals surface area contributed by atoms with E-state index in [9.17, 15) is 4.79 Å². The first kappa shape index (κ1) is 15.7. The lowest BCUT2D eigenvalue weighted by atomic mass is 10.1. The number of ether oxygens (including phenoxy) is 1. The molecule has 3 rings (SSSR count). The maximum Gasteiger partial charge on any atom is 0.255 e. The van der Waals surface area contributed by atoms with E-state index in [0.717, 1.165) is 11.3 Å². The van der Waals surface area contributed by atoms with Crippen LogP contribution in [0.3, 0.4) is 0 Å². The van der Waals surface area contributed by atoms with Gasteiger partial charge in [-0.2, -0.15) is 10.2 Å². The summed E-state index contributed by atoms with van der Waals surface area (Å²) >= 11 is 0. The Morgan fingerprint density at radius 2 is 2.17 bits per heavy atom. The monoisotopic (exact) mass is 326 g/mol. The number of rotatable bonds is 6. The number of carbonyl (C=O) groups is 1. The summed E-state index contributed by atoms with van der Waals surface area (Å²) in [6.07, 6.45) is 4.60. The first-order chi connectivity index (χ1) is 11.7. The number of carbonyl (C=O) groups excluding carboxylic acids is 1. The third-order valence-electron chi connectivity index (χ3n) is 3.57. The molecule has 24 heavy (non-hydrogen) atoms. The van der Waals surface area contributed by atoms with E-state index in [0.29, 0.717) is 17.8 Å². The number of H-pyrrole nitrogens is 1. The molecule has 0 unspecified atom stereocenters. The molecule has 2 heterocycles. The van der Waals surface area contributed by atoms with Crippen molar-refractivity contribution in [1.82, 2.24) is 30.3 Å². The van der Waals surface area contributed by atoms with Crippen LogP contribution in [0.4, 0.5) is 0 Å². The van der Waals surface area contributed by atoms with Crippen LogP contribution in [0.25, 0.3) is 11.3 Å². The summed E-state index contributed by atoms with van der Waals surface area (Å²) in [6.45, 7) is 2.45. The van der Waals surface area contributed by atoms with Gasteiger partial charge in [-0.1, -0.05) is 0 Å². The van der Waals surface area contributed by atoms with Gasteiger partial charge in [0.15, 0.2) is 0 Å². The first-order valence-electron chi connectivity index (χ1n) is 7.48. The third kappa shape index (κ3) is 3.43. The molecule has 2 aromatic heterocycles. The van der Waals surface area contributed by atoms with Gasteiger partial charge in [-0.15, -0.1) is 0 Å². The van der Waals surface area contributed by atoms with E-state index in [-0.39, 0.29) is 11.9 Å². The Labute approximate surface area is 138 Å². The zero-order valence-corrected chi connectivity index (χ0v) is 13.4. The van der Waals surface area contributed by atoms with Crippen LogP contribution in [-0.2, 0) is 6.54 Å². The molecule has 0 spiro atoms. The quantitative estimate of drug-likeness (QED) is 0.715. The van der Waals surface area contributed by atoms with Gasteiger partial charge >= 0.3 is 0 Å². The average molecular weight is 326 g/mol. The number of nitrogens with one attached hydrogen (secondary N) is 2. The highest BCUT2D eigenvalue weighted by atomic mass is 16.5. The summed E-state index contributed by atoms with van der Waals surface area (Å²) in [4.78, 5) is 16.4. The van der Waals surface area contributed by atoms with Crippen molar-refractivity contribution < 1.29 is 9.53 Å². The highest BCUT2D eigenvalue weighted by Crippen LogP contribution is 2.23.